The molecule has 0 spiro atoms. The molecular formula is C12H11FN4. The van der Waals surface area contributed by atoms with Crippen LogP contribution in [0, 0.1) is 5.82 Å². The first kappa shape index (κ1) is 10.0. The molecule has 17 heavy (non-hydrogen) atoms. The third-order valence-electron chi connectivity index (χ3n) is 2.78. The molecule has 0 saturated heterocycles. The van der Waals surface area contributed by atoms with Crippen molar-refractivity contribution in [1.29, 1.82) is 0 Å². The summed E-state index contributed by atoms with van der Waals surface area (Å²) in [6.45, 7) is 1.92. The maximum absolute atomic E-state index is 13.8. The van der Waals surface area contributed by atoms with Crippen LogP contribution in [0.15, 0.2) is 42.4 Å². The molecule has 4 nitrogen and oxygen atoms in total. The first-order chi connectivity index (χ1) is 8.25. The molecule has 1 atom stereocenters. The highest BCUT2D eigenvalue weighted by Gasteiger charge is 2.23. The Morgan fingerprint density at radius 1 is 1.35 bits per heavy atom. The molecule has 0 aliphatic carbocycles. The van der Waals surface area contributed by atoms with Gasteiger partial charge in [-0.25, -0.2) is 9.07 Å². The highest BCUT2D eigenvalue weighted by molar-refractivity contribution is 5.42. The maximum Gasteiger partial charge on any atom is 0.226 e. The predicted molar refractivity (Wildman–Crippen MR) is 61.9 cm³/mol. The van der Waals surface area contributed by atoms with Crippen LogP contribution >= 0.6 is 0 Å². The summed E-state index contributed by atoms with van der Waals surface area (Å²) < 4.78 is 15.5. The van der Waals surface area contributed by atoms with Gasteiger partial charge < -0.3 is 5.32 Å². The first-order valence-electron chi connectivity index (χ1n) is 5.35. The Bertz CT molecular complexity index is 588. The van der Waals surface area contributed by atoms with E-state index in [4.69, 9.17) is 0 Å². The van der Waals surface area contributed by atoms with E-state index in [1.807, 2.05) is 19.1 Å². The standard InChI is InChI=1S/C12H11FN4/c1-8-6-11(9-4-2-3-5-10(9)13)17-12(16-8)14-7-15-17/h2-7,11H,1H3,(H,14,15,16)/t11-/m1/s1. The molecule has 0 fully saturated rings. The zero-order valence-electron chi connectivity index (χ0n) is 9.26. The number of hydrogen-bond donors (Lipinski definition) is 1. The number of anilines is 1. The van der Waals surface area contributed by atoms with Gasteiger partial charge in [0.2, 0.25) is 5.95 Å². The fraction of sp³-hybridized carbons (Fsp3) is 0.167. The van der Waals surface area contributed by atoms with Crippen molar-refractivity contribution in [3.05, 3.63) is 53.7 Å². The van der Waals surface area contributed by atoms with Gasteiger partial charge in [-0.15, -0.1) is 0 Å². The Morgan fingerprint density at radius 2 is 2.18 bits per heavy atom. The van der Waals surface area contributed by atoms with Gasteiger partial charge in [-0.3, -0.25) is 0 Å². The molecule has 2 aromatic rings. The van der Waals surface area contributed by atoms with Crippen LogP contribution in [-0.4, -0.2) is 14.8 Å². The van der Waals surface area contributed by atoms with E-state index in [-0.39, 0.29) is 11.9 Å². The van der Waals surface area contributed by atoms with Crippen LogP contribution in [0.5, 0.6) is 0 Å². The molecule has 86 valence electrons. The van der Waals surface area contributed by atoms with Gasteiger partial charge in [-0.1, -0.05) is 18.2 Å². The summed E-state index contributed by atoms with van der Waals surface area (Å²) in [4.78, 5) is 4.09. The van der Waals surface area contributed by atoms with Crippen molar-refractivity contribution >= 4 is 5.95 Å². The summed E-state index contributed by atoms with van der Waals surface area (Å²) >= 11 is 0. The summed E-state index contributed by atoms with van der Waals surface area (Å²) in [5, 5.41) is 7.21. The lowest BCUT2D eigenvalue weighted by molar-refractivity contribution is 0.547. The highest BCUT2D eigenvalue weighted by atomic mass is 19.1. The number of nitrogens with one attached hydrogen (secondary N) is 1. The van der Waals surface area contributed by atoms with Crippen LogP contribution in [0.25, 0.3) is 0 Å². The van der Waals surface area contributed by atoms with Crippen LogP contribution in [-0.2, 0) is 0 Å². The first-order valence-corrected chi connectivity index (χ1v) is 5.35. The van der Waals surface area contributed by atoms with Gasteiger partial charge in [0, 0.05) is 11.3 Å². The average molecular weight is 230 g/mol. The minimum absolute atomic E-state index is 0.232. The summed E-state index contributed by atoms with van der Waals surface area (Å²) in [6.07, 6.45) is 3.39. The Kier molecular flexibility index (Phi) is 2.18. The van der Waals surface area contributed by atoms with Gasteiger partial charge in [0.1, 0.15) is 18.2 Å². The zero-order valence-corrected chi connectivity index (χ0v) is 9.26. The third-order valence-corrected chi connectivity index (χ3v) is 2.78. The number of halogens is 1. The van der Waals surface area contributed by atoms with Gasteiger partial charge >= 0.3 is 0 Å². The van der Waals surface area contributed by atoms with Gasteiger partial charge in [0.05, 0.1) is 0 Å². The van der Waals surface area contributed by atoms with Crippen LogP contribution < -0.4 is 5.32 Å². The molecule has 1 aliphatic heterocycles. The summed E-state index contributed by atoms with van der Waals surface area (Å²) in [5.74, 6) is 0.406. The molecule has 0 unspecified atom stereocenters. The maximum atomic E-state index is 13.8. The lowest BCUT2D eigenvalue weighted by Crippen LogP contribution is -2.20. The Labute approximate surface area is 97.8 Å². The predicted octanol–water partition coefficient (Wildman–Crippen LogP) is 2.34. The molecular weight excluding hydrogens is 219 g/mol. The quantitative estimate of drug-likeness (QED) is 0.817. The smallest absolute Gasteiger partial charge is 0.226 e. The van der Waals surface area contributed by atoms with Crippen molar-refractivity contribution < 1.29 is 4.39 Å². The number of rotatable bonds is 1. The van der Waals surface area contributed by atoms with Gasteiger partial charge in [-0.05, 0) is 19.1 Å². The van der Waals surface area contributed by atoms with Gasteiger partial charge in [0.15, 0.2) is 0 Å². The number of benzene rings is 1. The molecule has 0 amide bonds. The number of allylic oxidation sites excluding steroid dienone is 2. The van der Waals surface area contributed by atoms with Crippen LogP contribution in [0.4, 0.5) is 10.3 Å². The second-order valence-corrected chi connectivity index (χ2v) is 3.97. The van der Waals surface area contributed by atoms with E-state index in [9.17, 15) is 4.39 Å². The molecule has 0 bridgehead atoms. The summed E-state index contributed by atoms with van der Waals surface area (Å²) in [5.41, 5.74) is 1.54. The van der Waals surface area contributed by atoms with Crippen LogP contribution in [0.3, 0.4) is 0 Å². The molecule has 1 aliphatic rings. The molecule has 3 rings (SSSR count). The highest BCUT2D eigenvalue weighted by Crippen LogP contribution is 2.29. The van der Waals surface area contributed by atoms with E-state index in [2.05, 4.69) is 15.4 Å². The SMILES string of the molecule is CC1=C[C@H](c2ccccc2F)n2ncnc2N1. The minimum atomic E-state index is -0.241. The van der Waals surface area contributed by atoms with Crippen LogP contribution in [0.1, 0.15) is 18.5 Å². The second-order valence-electron chi connectivity index (χ2n) is 3.97. The summed E-state index contributed by atoms with van der Waals surface area (Å²) in [6, 6.07) is 6.48. The normalized spacial score (nSPS) is 18.2. The minimum Gasteiger partial charge on any atom is -0.329 e. The van der Waals surface area contributed by atoms with E-state index >= 15 is 0 Å². The molecule has 1 aromatic carbocycles. The molecule has 1 aromatic heterocycles. The number of nitrogens with zero attached hydrogens (tertiary/aromatic N) is 3. The van der Waals surface area contributed by atoms with Crippen molar-refractivity contribution in [2.75, 3.05) is 5.32 Å². The summed E-state index contributed by atoms with van der Waals surface area (Å²) in [7, 11) is 0. The monoisotopic (exact) mass is 230 g/mol. The Hall–Kier alpha value is -2.17. The van der Waals surface area contributed by atoms with Gasteiger partial charge in [-0.2, -0.15) is 10.1 Å². The third kappa shape index (κ3) is 1.60. The lowest BCUT2D eigenvalue weighted by atomic mass is 10.0. The van der Waals surface area contributed by atoms with Crippen molar-refractivity contribution in [3.8, 4) is 0 Å². The number of hydrogen-bond acceptors (Lipinski definition) is 3. The molecule has 2 heterocycles. The largest absolute Gasteiger partial charge is 0.329 e. The van der Waals surface area contributed by atoms with E-state index in [0.717, 1.165) is 5.70 Å². The van der Waals surface area contributed by atoms with Crippen molar-refractivity contribution in [3.63, 3.8) is 0 Å². The topological polar surface area (TPSA) is 42.7 Å². The van der Waals surface area contributed by atoms with Crippen LogP contribution in [0.2, 0.25) is 0 Å². The van der Waals surface area contributed by atoms with Crippen molar-refractivity contribution in [2.24, 2.45) is 0 Å². The molecule has 0 saturated carbocycles. The molecule has 5 heteroatoms. The van der Waals surface area contributed by atoms with Crippen molar-refractivity contribution in [1.82, 2.24) is 14.8 Å². The van der Waals surface area contributed by atoms with Crippen molar-refractivity contribution in [2.45, 2.75) is 13.0 Å². The average Bonchev–Trinajstić information content (AvgIpc) is 2.76. The van der Waals surface area contributed by atoms with E-state index in [0.29, 0.717) is 11.5 Å². The fourth-order valence-electron chi connectivity index (χ4n) is 2.01. The fourth-order valence-corrected chi connectivity index (χ4v) is 2.01. The second kappa shape index (κ2) is 3.69. The number of fused-ring (bicyclic) bond motifs is 1. The number of aromatic nitrogens is 3. The van der Waals surface area contributed by atoms with E-state index < -0.39 is 0 Å². The Balaban J connectivity index is 2.14. The Morgan fingerprint density at radius 3 is 3.00 bits per heavy atom. The van der Waals surface area contributed by atoms with E-state index in [1.165, 1.54) is 12.4 Å². The van der Waals surface area contributed by atoms with Gasteiger partial charge in [0.25, 0.3) is 0 Å². The lowest BCUT2D eigenvalue weighted by Gasteiger charge is -2.22. The van der Waals surface area contributed by atoms with E-state index in [1.54, 1.807) is 16.8 Å². The zero-order chi connectivity index (χ0) is 11.8. The molecule has 1 N–H and O–H groups in total. The molecule has 0 radical (unpaired) electrons.